The second kappa shape index (κ2) is 5.80. The lowest BCUT2D eigenvalue weighted by Crippen LogP contribution is -2.09. The predicted molar refractivity (Wildman–Crippen MR) is 61.9 cm³/mol. The van der Waals surface area contributed by atoms with Crippen molar-refractivity contribution < 1.29 is 14.3 Å². The van der Waals surface area contributed by atoms with Gasteiger partial charge in [0.2, 0.25) is 0 Å². The fourth-order valence-corrected chi connectivity index (χ4v) is 1.55. The summed E-state index contributed by atoms with van der Waals surface area (Å²) in [5.41, 5.74) is 1.57. The molecule has 0 aliphatic carbocycles. The number of carbonyl (C=O) groups is 2. The summed E-state index contributed by atoms with van der Waals surface area (Å²) >= 11 is 0. The van der Waals surface area contributed by atoms with E-state index in [0.717, 1.165) is 5.56 Å². The first-order valence-corrected chi connectivity index (χ1v) is 5.37. The quantitative estimate of drug-likeness (QED) is 0.588. The average Bonchev–Trinajstić information content (AvgIpc) is 2.37. The molecule has 0 atom stereocenters. The summed E-state index contributed by atoms with van der Waals surface area (Å²) in [6.07, 6.45) is 1.31. The minimum atomic E-state index is -0.531. The molecule has 0 aliphatic heterocycles. The highest BCUT2D eigenvalue weighted by molar-refractivity contribution is 5.94. The summed E-state index contributed by atoms with van der Waals surface area (Å²) in [5.74, 6) is -0.531. The highest BCUT2D eigenvalue weighted by atomic mass is 16.5. The van der Waals surface area contributed by atoms with Gasteiger partial charge in [-0.25, -0.2) is 4.79 Å². The highest BCUT2D eigenvalue weighted by Crippen LogP contribution is 2.17. The van der Waals surface area contributed by atoms with Crippen LogP contribution in [0.3, 0.4) is 0 Å². The molecule has 0 saturated heterocycles. The summed E-state index contributed by atoms with van der Waals surface area (Å²) in [5, 5.41) is 8.95. The Kier molecular flexibility index (Phi) is 4.41. The SMILES string of the molecule is CCOC(=O)c1cc(CC)c(C=O)cc1C#N. The van der Waals surface area contributed by atoms with E-state index in [1.54, 1.807) is 13.0 Å². The number of aryl methyl sites for hydroxylation is 1. The maximum atomic E-state index is 11.6. The third kappa shape index (κ3) is 2.70. The van der Waals surface area contributed by atoms with Crippen LogP contribution in [0.25, 0.3) is 0 Å². The Labute approximate surface area is 99.8 Å². The molecule has 0 aliphatic rings. The third-order valence-electron chi connectivity index (χ3n) is 2.40. The zero-order valence-electron chi connectivity index (χ0n) is 9.82. The van der Waals surface area contributed by atoms with Gasteiger partial charge in [-0.3, -0.25) is 4.79 Å². The Bertz CT molecular complexity index is 486. The van der Waals surface area contributed by atoms with Crippen LogP contribution in [0.15, 0.2) is 12.1 Å². The van der Waals surface area contributed by atoms with Crippen molar-refractivity contribution >= 4 is 12.3 Å². The van der Waals surface area contributed by atoms with Crippen LogP contribution < -0.4 is 0 Å². The van der Waals surface area contributed by atoms with Gasteiger partial charge < -0.3 is 4.74 Å². The molecule has 0 spiro atoms. The highest BCUT2D eigenvalue weighted by Gasteiger charge is 2.15. The standard InChI is InChI=1S/C13H13NO3/c1-3-9-6-12(13(16)17-4-2)10(7-14)5-11(9)8-15/h5-6,8H,3-4H2,1-2H3. The van der Waals surface area contributed by atoms with Gasteiger partial charge in [0.15, 0.2) is 0 Å². The van der Waals surface area contributed by atoms with E-state index in [-0.39, 0.29) is 17.7 Å². The number of ether oxygens (including phenoxy) is 1. The molecule has 0 N–H and O–H groups in total. The lowest BCUT2D eigenvalue weighted by Gasteiger charge is -2.08. The van der Waals surface area contributed by atoms with Crippen LogP contribution in [0.4, 0.5) is 0 Å². The molecule has 0 radical (unpaired) electrons. The molecule has 17 heavy (non-hydrogen) atoms. The molecule has 88 valence electrons. The third-order valence-corrected chi connectivity index (χ3v) is 2.40. The van der Waals surface area contributed by atoms with E-state index in [4.69, 9.17) is 10.00 Å². The average molecular weight is 231 g/mol. The van der Waals surface area contributed by atoms with E-state index in [1.807, 2.05) is 13.0 Å². The van der Waals surface area contributed by atoms with Gasteiger partial charge in [-0.2, -0.15) is 5.26 Å². The molecule has 0 unspecified atom stereocenters. The number of rotatable bonds is 4. The van der Waals surface area contributed by atoms with E-state index in [2.05, 4.69) is 0 Å². The topological polar surface area (TPSA) is 67.2 Å². The Hall–Kier alpha value is -2.15. The number of esters is 1. The van der Waals surface area contributed by atoms with Gasteiger partial charge in [0, 0.05) is 5.56 Å². The summed E-state index contributed by atoms with van der Waals surface area (Å²) in [4.78, 5) is 22.5. The number of aldehydes is 1. The van der Waals surface area contributed by atoms with Gasteiger partial charge >= 0.3 is 5.97 Å². The van der Waals surface area contributed by atoms with Crippen molar-refractivity contribution in [3.05, 3.63) is 34.4 Å². The van der Waals surface area contributed by atoms with Crippen molar-refractivity contribution in [3.63, 3.8) is 0 Å². The number of hydrogen-bond donors (Lipinski definition) is 0. The van der Waals surface area contributed by atoms with Crippen LogP contribution in [-0.2, 0) is 11.2 Å². The molecular formula is C13H13NO3. The smallest absolute Gasteiger partial charge is 0.339 e. The monoisotopic (exact) mass is 231 g/mol. The molecular weight excluding hydrogens is 218 g/mol. The van der Waals surface area contributed by atoms with Crippen molar-refractivity contribution in [2.24, 2.45) is 0 Å². The number of hydrogen-bond acceptors (Lipinski definition) is 4. The van der Waals surface area contributed by atoms with E-state index in [0.29, 0.717) is 18.3 Å². The minimum Gasteiger partial charge on any atom is -0.462 e. The maximum absolute atomic E-state index is 11.6. The molecule has 0 bridgehead atoms. The van der Waals surface area contributed by atoms with Crippen molar-refractivity contribution in [2.75, 3.05) is 6.61 Å². The van der Waals surface area contributed by atoms with Crippen LogP contribution in [0, 0.1) is 11.3 Å². The Balaban J connectivity index is 3.34. The Morgan fingerprint density at radius 3 is 2.65 bits per heavy atom. The van der Waals surface area contributed by atoms with Crippen LogP contribution in [-0.4, -0.2) is 18.9 Å². The zero-order chi connectivity index (χ0) is 12.8. The lowest BCUT2D eigenvalue weighted by molar-refractivity contribution is 0.0525. The molecule has 0 saturated carbocycles. The molecule has 0 heterocycles. The minimum absolute atomic E-state index is 0.169. The fraction of sp³-hybridized carbons (Fsp3) is 0.308. The molecule has 4 heteroatoms. The number of carbonyl (C=O) groups excluding carboxylic acids is 2. The first kappa shape index (κ1) is 12.9. The van der Waals surface area contributed by atoms with Gasteiger partial charge in [0.05, 0.1) is 17.7 Å². The van der Waals surface area contributed by atoms with Gasteiger partial charge in [0.25, 0.3) is 0 Å². The van der Waals surface area contributed by atoms with Gasteiger partial charge in [-0.05, 0) is 31.0 Å². The second-order valence-corrected chi connectivity index (χ2v) is 3.40. The predicted octanol–water partition coefficient (Wildman–Crippen LogP) is 2.11. The van der Waals surface area contributed by atoms with Crippen LogP contribution >= 0.6 is 0 Å². The maximum Gasteiger partial charge on any atom is 0.339 e. The summed E-state index contributed by atoms with van der Waals surface area (Å²) in [6, 6.07) is 4.89. The van der Waals surface area contributed by atoms with Crippen molar-refractivity contribution in [1.29, 1.82) is 5.26 Å². The van der Waals surface area contributed by atoms with E-state index >= 15 is 0 Å². The number of nitrogens with zero attached hydrogens (tertiary/aromatic N) is 1. The molecule has 0 fully saturated rings. The fourth-order valence-electron chi connectivity index (χ4n) is 1.55. The largest absolute Gasteiger partial charge is 0.462 e. The number of nitriles is 1. The molecule has 1 aromatic rings. The van der Waals surface area contributed by atoms with Crippen molar-refractivity contribution in [3.8, 4) is 6.07 Å². The Morgan fingerprint density at radius 1 is 1.47 bits per heavy atom. The normalized spacial score (nSPS) is 9.47. The van der Waals surface area contributed by atoms with Crippen molar-refractivity contribution in [1.82, 2.24) is 0 Å². The van der Waals surface area contributed by atoms with Gasteiger partial charge in [-0.15, -0.1) is 0 Å². The lowest BCUT2D eigenvalue weighted by atomic mass is 9.98. The molecule has 1 rings (SSSR count). The molecule has 0 aromatic heterocycles. The van der Waals surface area contributed by atoms with E-state index in [1.165, 1.54) is 6.07 Å². The molecule has 4 nitrogen and oxygen atoms in total. The first-order chi connectivity index (χ1) is 8.17. The summed E-state index contributed by atoms with van der Waals surface area (Å²) < 4.78 is 4.87. The Morgan fingerprint density at radius 2 is 2.18 bits per heavy atom. The van der Waals surface area contributed by atoms with Crippen molar-refractivity contribution in [2.45, 2.75) is 20.3 Å². The first-order valence-electron chi connectivity index (χ1n) is 5.37. The van der Waals surface area contributed by atoms with Gasteiger partial charge in [0.1, 0.15) is 12.4 Å². The molecule has 1 aromatic carbocycles. The number of benzene rings is 1. The zero-order valence-corrected chi connectivity index (χ0v) is 9.82. The van der Waals surface area contributed by atoms with Gasteiger partial charge in [-0.1, -0.05) is 6.92 Å². The van der Waals surface area contributed by atoms with E-state index in [9.17, 15) is 9.59 Å². The molecule has 0 amide bonds. The van der Waals surface area contributed by atoms with Crippen LogP contribution in [0.2, 0.25) is 0 Å². The van der Waals surface area contributed by atoms with Crippen LogP contribution in [0.1, 0.15) is 45.7 Å². The summed E-state index contributed by atoms with van der Waals surface area (Å²) in [7, 11) is 0. The second-order valence-electron chi connectivity index (χ2n) is 3.40. The summed E-state index contributed by atoms with van der Waals surface area (Å²) in [6.45, 7) is 3.83. The van der Waals surface area contributed by atoms with Crippen LogP contribution in [0.5, 0.6) is 0 Å². The van der Waals surface area contributed by atoms with E-state index < -0.39 is 5.97 Å².